The summed E-state index contributed by atoms with van der Waals surface area (Å²) in [5.41, 5.74) is 0.530. The third kappa shape index (κ3) is 4.52. The second-order valence-corrected chi connectivity index (χ2v) is 8.08. The summed E-state index contributed by atoms with van der Waals surface area (Å²) in [5, 5.41) is 3.27. The third-order valence-electron chi connectivity index (χ3n) is 4.08. The largest absolute Gasteiger partial charge is 0.486 e. The monoisotopic (exact) mass is 365 g/mol. The van der Waals surface area contributed by atoms with Gasteiger partial charge in [-0.05, 0) is 31.5 Å². The number of hydrogen-bond acceptors (Lipinski definition) is 6. The number of aromatic nitrogens is 2. The molecule has 3 rings (SSSR count). The van der Waals surface area contributed by atoms with Crippen molar-refractivity contribution in [3.63, 3.8) is 0 Å². The van der Waals surface area contributed by atoms with Crippen LogP contribution in [0.2, 0.25) is 0 Å². The molecule has 0 saturated carbocycles. The molecule has 1 aliphatic rings. The average molecular weight is 365 g/mol. The van der Waals surface area contributed by atoms with Crippen LogP contribution in [0.5, 0.6) is 5.75 Å². The van der Waals surface area contributed by atoms with Crippen LogP contribution < -0.4 is 10.1 Å². The number of ether oxygens (including phenoxy) is 1. The van der Waals surface area contributed by atoms with Crippen molar-refractivity contribution in [1.82, 2.24) is 15.3 Å². The van der Waals surface area contributed by atoms with Crippen LogP contribution in [0, 0.1) is 5.82 Å². The Hall–Kier alpha value is -2.06. The van der Waals surface area contributed by atoms with E-state index in [1.807, 2.05) is 0 Å². The molecular weight excluding hydrogens is 345 g/mol. The highest BCUT2D eigenvalue weighted by Gasteiger charge is 2.25. The number of nitrogens with zero attached hydrogens (tertiary/aromatic N) is 2. The zero-order valence-electron chi connectivity index (χ0n) is 13.9. The first-order valence-corrected chi connectivity index (χ1v) is 9.97. The first-order valence-electron chi connectivity index (χ1n) is 8.08. The second-order valence-electron chi connectivity index (χ2n) is 6.10. The van der Waals surface area contributed by atoms with E-state index in [1.54, 1.807) is 12.1 Å². The van der Waals surface area contributed by atoms with Crippen molar-refractivity contribution in [2.24, 2.45) is 0 Å². The minimum atomic E-state index is -3.42. The van der Waals surface area contributed by atoms with Crippen molar-refractivity contribution in [2.75, 3.05) is 19.3 Å². The van der Waals surface area contributed by atoms with Gasteiger partial charge < -0.3 is 10.1 Å². The summed E-state index contributed by atoms with van der Waals surface area (Å²) in [4.78, 5) is 8.72. The molecule has 134 valence electrons. The highest BCUT2D eigenvalue weighted by atomic mass is 32.2. The van der Waals surface area contributed by atoms with Crippen molar-refractivity contribution < 1.29 is 17.5 Å². The molecular formula is C17H20FN3O3S. The van der Waals surface area contributed by atoms with Gasteiger partial charge in [0, 0.05) is 31.0 Å². The lowest BCUT2D eigenvalue weighted by Crippen LogP contribution is -2.30. The topological polar surface area (TPSA) is 81.2 Å². The van der Waals surface area contributed by atoms with Gasteiger partial charge >= 0.3 is 0 Å². The van der Waals surface area contributed by atoms with Crippen LogP contribution in [0.25, 0.3) is 0 Å². The van der Waals surface area contributed by atoms with E-state index < -0.39 is 9.84 Å². The van der Waals surface area contributed by atoms with Crippen molar-refractivity contribution >= 4 is 9.84 Å². The van der Waals surface area contributed by atoms with Gasteiger partial charge in [-0.1, -0.05) is 6.07 Å². The smallest absolute Gasteiger partial charge is 0.178 e. The molecule has 0 amide bonds. The fourth-order valence-corrected chi connectivity index (χ4v) is 3.70. The van der Waals surface area contributed by atoms with Gasteiger partial charge in [-0.2, -0.15) is 0 Å². The number of hydrogen-bond donors (Lipinski definition) is 1. The van der Waals surface area contributed by atoms with Crippen LogP contribution in [0.1, 0.15) is 30.3 Å². The van der Waals surface area contributed by atoms with Crippen molar-refractivity contribution in [1.29, 1.82) is 0 Å². The Balaban J connectivity index is 1.85. The molecule has 0 radical (unpaired) electrons. The van der Waals surface area contributed by atoms with Gasteiger partial charge in [0.2, 0.25) is 0 Å². The fourth-order valence-electron chi connectivity index (χ4n) is 2.86. The van der Waals surface area contributed by atoms with Gasteiger partial charge in [-0.25, -0.2) is 22.8 Å². The normalized spacial score (nSPS) is 18.1. The van der Waals surface area contributed by atoms with Crippen molar-refractivity contribution in [2.45, 2.75) is 30.3 Å². The molecule has 0 bridgehead atoms. The summed E-state index contributed by atoms with van der Waals surface area (Å²) in [7, 11) is -3.42. The van der Waals surface area contributed by atoms with E-state index in [0.29, 0.717) is 23.8 Å². The van der Waals surface area contributed by atoms with E-state index in [2.05, 4.69) is 15.3 Å². The third-order valence-corrected chi connectivity index (χ3v) is 5.19. The standard InChI is InChI=1S/C17H20FN3O3S/c1-25(22,23)15-10-20-16(11-24-14-6-2-5-13(18)8-14)21-17(15)12-4-3-7-19-9-12/h2,5-6,8,10,12,19H,3-4,7,9,11H2,1H3. The van der Waals surface area contributed by atoms with Gasteiger partial charge in [0.25, 0.3) is 0 Å². The van der Waals surface area contributed by atoms with E-state index in [-0.39, 0.29) is 23.2 Å². The quantitative estimate of drug-likeness (QED) is 0.874. The lowest BCUT2D eigenvalue weighted by Gasteiger charge is -2.24. The van der Waals surface area contributed by atoms with Crippen LogP contribution in [0.4, 0.5) is 4.39 Å². The molecule has 1 aromatic carbocycles. The van der Waals surface area contributed by atoms with Crippen molar-refractivity contribution in [3.05, 3.63) is 47.8 Å². The molecule has 25 heavy (non-hydrogen) atoms. The molecule has 1 N–H and O–H groups in total. The molecule has 2 aromatic rings. The summed E-state index contributed by atoms with van der Waals surface area (Å²) in [5.74, 6) is 0.378. The predicted octanol–water partition coefficient (Wildman–Crippen LogP) is 2.07. The van der Waals surface area contributed by atoms with E-state index in [4.69, 9.17) is 4.74 Å². The minimum absolute atomic E-state index is 0.0226. The fraction of sp³-hybridized carbons (Fsp3) is 0.412. The summed E-state index contributed by atoms with van der Waals surface area (Å²) in [6.07, 6.45) is 4.34. The van der Waals surface area contributed by atoms with E-state index in [9.17, 15) is 12.8 Å². The SMILES string of the molecule is CS(=O)(=O)c1cnc(COc2cccc(F)c2)nc1C1CCCNC1. The molecule has 1 atom stereocenters. The van der Waals surface area contributed by atoms with E-state index >= 15 is 0 Å². The maximum Gasteiger partial charge on any atom is 0.178 e. The van der Waals surface area contributed by atoms with Crippen molar-refractivity contribution in [3.8, 4) is 5.75 Å². The van der Waals surface area contributed by atoms with Gasteiger partial charge in [0.05, 0.1) is 5.69 Å². The molecule has 1 aromatic heterocycles. The average Bonchev–Trinajstić information content (AvgIpc) is 2.60. The summed E-state index contributed by atoms with van der Waals surface area (Å²) in [6.45, 7) is 1.65. The zero-order chi connectivity index (χ0) is 17.9. The Morgan fingerprint density at radius 1 is 1.40 bits per heavy atom. The Bertz CT molecular complexity index is 852. The maximum atomic E-state index is 13.2. The Morgan fingerprint density at radius 2 is 2.24 bits per heavy atom. The Kier molecular flexibility index (Phi) is 5.29. The highest BCUT2D eigenvalue weighted by molar-refractivity contribution is 7.90. The molecule has 1 saturated heterocycles. The lowest BCUT2D eigenvalue weighted by molar-refractivity contribution is 0.292. The van der Waals surface area contributed by atoms with Gasteiger partial charge in [-0.3, -0.25) is 0 Å². The van der Waals surface area contributed by atoms with Gasteiger partial charge in [0.1, 0.15) is 23.1 Å². The van der Waals surface area contributed by atoms with Crippen LogP contribution in [-0.2, 0) is 16.4 Å². The van der Waals surface area contributed by atoms with Crippen LogP contribution in [0.3, 0.4) is 0 Å². The highest BCUT2D eigenvalue weighted by Crippen LogP contribution is 2.27. The van der Waals surface area contributed by atoms with E-state index in [1.165, 1.54) is 18.3 Å². The second kappa shape index (κ2) is 7.45. The Labute approximate surface area is 146 Å². The van der Waals surface area contributed by atoms with Crippen LogP contribution in [-0.4, -0.2) is 37.7 Å². The number of sulfone groups is 1. The summed E-state index contributed by atoms with van der Waals surface area (Å²) < 4.78 is 42.8. The molecule has 1 unspecified atom stereocenters. The minimum Gasteiger partial charge on any atom is -0.486 e. The zero-order valence-corrected chi connectivity index (χ0v) is 14.7. The molecule has 2 heterocycles. The van der Waals surface area contributed by atoms with E-state index in [0.717, 1.165) is 25.6 Å². The molecule has 1 aliphatic heterocycles. The Morgan fingerprint density at radius 3 is 2.92 bits per heavy atom. The van der Waals surface area contributed by atoms with Crippen LogP contribution in [0.15, 0.2) is 35.4 Å². The number of rotatable bonds is 5. The molecule has 8 heteroatoms. The lowest BCUT2D eigenvalue weighted by atomic mass is 9.96. The predicted molar refractivity (Wildman–Crippen MR) is 90.7 cm³/mol. The van der Waals surface area contributed by atoms with Gasteiger partial charge in [0.15, 0.2) is 15.7 Å². The summed E-state index contributed by atoms with van der Waals surface area (Å²) >= 11 is 0. The van der Waals surface area contributed by atoms with Crippen LogP contribution >= 0.6 is 0 Å². The molecule has 0 spiro atoms. The molecule has 0 aliphatic carbocycles. The number of benzene rings is 1. The molecule has 1 fully saturated rings. The number of piperidine rings is 1. The first kappa shape index (κ1) is 17.8. The number of nitrogens with one attached hydrogen (secondary N) is 1. The summed E-state index contributed by atoms with van der Waals surface area (Å²) in [6, 6.07) is 5.80. The first-order chi connectivity index (χ1) is 11.9. The van der Waals surface area contributed by atoms with Gasteiger partial charge in [-0.15, -0.1) is 0 Å². The molecule has 6 nitrogen and oxygen atoms in total. The maximum absolute atomic E-state index is 13.2. The number of halogens is 1.